The highest BCUT2D eigenvalue weighted by atomic mass is 19.1. The molecule has 1 atom stereocenters. The van der Waals surface area contributed by atoms with Crippen molar-refractivity contribution in [2.45, 2.75) is 26.0 Å². The van der Waals surface area contributed by atoms with Gasteiger partial charge in [-0.2, -0.15) is 0 Å². The Hall–Kier alpha value is -1.87. The van der Waals surface area contributed by atoms with E-state index in [0.29, 0.717) is 0 Å². The van der Waals surface area contributed by atoms with Crippen LogP contribution in [0, 0.1) is 5.82 Å². The van der Waals surface area contributed by atoms with Gasteiger partial charge in [0.05, 0.1) is 12.1 Å². The first-order valence-electron chi connectivity index (χ1n) is 6.34. The van der Waals surface area contributed by atoms with Gasteiger partial charge < -0.3 is 10.5 Å². The maximum atomic E-state index is 12.9. The molecule has 0 aliphatic rings. The molecule has 0 saturated heterocycles. The molecule has 0 heterocycles. The molecule has 0 aromatic heterocycles. The van der Waals surface area contributed by atoms with Gasteiger partial charge in [-0.1, -0.05) is 30.3 Å². The highest BCUT2D eigenvalue weighted by Gasteiger charge is 2.14. The van der Waals surface area contributed by atoms with E-state index in [-0.39, 0.29) is 18.0 Å². The molecular weight excluding hydrogens is 241 g/mol. The van der Waals surface area contributed by atoms with Crippen molar-refractivity contribution >= 4 is 0 Å². The number of hydrogen-bond acceptors (Lipinski definition) is 2. The molecule has 0 amide bonds. The molecule has 0 fully saturated rings. The van der Waals surface area contributed by atoms with Gasteiger partial charge in [0.15, 0.2) is 0 Å². The summed E-state index contributed by atoms with van der Waals surface area (Å²) in [6.45, 7) is 3.94. The molecule has 2 nitrogen and oxygen atoms in total. The van der Waals surface area contributed by atoms with Crippen molar-refractivity contribution in [2.75, 3.05) is 0 Å². The van der Waals surface area contributed by atoms with Gasteiger partial charge in [-0.3, -0.25) is 0 Å². The van der Waals surface area contributed by atoms with E-state index in [1.54, 1.807) is 12.1 Å². The highest BCUT2D eigenvalue weighted by Crippen LogP contribution is 2.28. The minimum atomic E-state index is -0.324. The summed E-state index contributed by atoms with van der Waals surface area (Å²) in [4.78, 5) is 0. The van der Waals surface area contributed by atoms with Gasteiger partial charge >= 0.3 is 0 Å². The van der Waals surface area contributed by atoms with E-state index in [1.807, 2.05) is 38.1 Å². The van der Waals surface area contributed by atoms with E-state index in [1.165, 1.54) is 12.1 Å². The van der Waals surface area contributed by atoms with E-state index in [0.717, 1.165) is 16.9 Å². The molecule has 19 heavy (non-hydrogen) atoms. The van der Waals surface area contributed by atoms with Gasteiger partial charge in [0.25, 0.3) is 0 Å². The van der Waals surface area contributed by atoms with Crippen LogP contribution in [0.2, 0.25) is 0 Å². The maximum absolute atomic E-state index is 12.9. The average molecular weight is 259 g/mol. The van der Waals surface area contributed by atoms with Crippen LogP contribution >= 0.6 is 0 Å². The number of nitrogens with two attached hydrogens (primary N) is 1. The Balaban J connectivity index is 2.32. The summed E-state index contributed by atoms with van der Waals surface area (Å²) in [5.41, 5.74) is 8.01. The minimum Gasteiger partial charge on any atom is -0.491 e. The summed E-state index contributed by atoms with van der Waals surface area (Å²) in [7, 11) is 0. The minimum absolute atomic E-state index is 0.0848. The molecule has 0 saturated carbocycles. The molecule has 2 N–H and O–H groups in total. The Labute approximate surface area is 113 Å². The van der Waals surface area contributed by atoms with Crippen molar-refractivity contribution in [1.29, 1.82) is 0 Å². The Morgan fingerprint density at radius 3 is 2.26 bits per heavy atom. The number of ether oxygens (including phenoxy) is 1. The summed E-state index contributed by atoms with van der Waals surface area (Å²) >= 11 is 0. The number of rotatable bonds is 4. The number of hydrogen-bond donors (Lipinski definition) is 1. The van der Waals surface area contributed by atoms with Crippen LogP contribution in [-0.2, 0) is 0 Å². The Morgan fingerprint density at radius 2 is 1.63 bits per heavy atom. The molecule has 2 aromatic carbocycles. The van der Waals surface area contributed by atoms with Gasteiger partial charge in [-0.05, 0) is 37.6 Å². The van der Waals surface area contributed by atoms with E-state index in [4.69, 9.17) is 10.5 Å². The molecule has 2 rings (SSSR count). The summed E-state index contributed by atoms with van der Waals surface area (Å²) in [5.74, 6) is 0.511. The fraction of sp³-hybridized carbons (Fsp3) is 0.250. The Bertz CT molecular complexity index is 537. The third-order valence-corrected chi connectivity index (χ3v) is 2.85. The first kappa shape index (κ1) is 13.6. The zero-order valence-electron chi connectivity index (χ0n) is 11.1. The Kier molecular flexibility index (Phi) is 4.17. The first-order valence-corrected chi connectivity index (χ1v) is 6.34. The van der Waals surface area contributed by atoms with Crippen molar-refractivity contribution < 1.29 is 9.13 Å². The second kappa shape index (κ2) is 5.85. The third-order valence-electron chi connectivity index (χ3n) is 2.85. The molecule has 1 unspecified atom stereocenters. The van der Waals surface area contributed by atoms with Crippen LogP contribution in [0.5, 0.6) is 5.75 Å². The molecule has 0 spiro atoms. The van der Waals surface area contributed by atoms with Crippen LogP contribution < -0.4 is 10.5 Å². The maximum Gasteiger partial charge on any atom is 0.124 e. The van der Waals surface area contributed by atoms with Crippen molar-refractivity contribution in [2.24, 2.45) is 5.73 Å². The summed E-state index contributed by atoms with van der Waals surface area (Å²) < 4.78 is 18.7. The summed E-state index contributed by atoms with van der Waals surface area (Å²) in [5, 5.41) is 0. The van der Waals surface area contributed by atoms with E-state index in [9.17, 15) is 4.39 Å². The van der Waals surface area contributed by atoms with Gasteiger partial charge in [0, 0.05) is 5.56 Å². The number of halogens is 1. The third kappa shape index (κ3) is 3.32. The molecule has 0 bridgehead atoms. The van der Waals surface area contributed by atoms with E-state index < -0.39 is 0 Å². The lowest BCUT2D eigenvalue weighted by molar-refractivity contribution is 0.239. The van der Waals surface area contributed by atoms with Crippen molar-refractivity contribution in [1.82, 2.24) is 0 Å². The fourth-order valence-corrected chi connectivity index (χ4v) is 1.95. The second-order valence-electron chi connectivity index (χ2n) is 4.73. The molecule has 100 valence electrons. The molecule has 0 aliphatic carbocycles. The van der Waals surface area contributed by atoms with Crippen LogP contribution in [0.15, 0.2) is 48.5 Å². The van der Waals surface area contributed by atoms with Gasteiger partial charge in [0.2, 0.25) is 0 Å². The van der Waals surface area contributed by atoms with Gasteiger partial charge in [-0.15, -0.1) is 0 Å². The largest absolute Gasteiger partial charge is 0.491 e. The van der Waals surface area contributed by atoms with E-state index >= 15 is 0 Å². The Morgan fingerprint density at radius 1 is 1.00 bits per heavy atom. The lowest BCUT2D eigenvalue weighted by atomic mass is 9.99. The lowest BCUT2D eigenvalue weighted by Gasteiger charge is -2.19. The normalized spacial score (nSPS) is 12.5. The van der Waals surface area contributed by atoms with Crippen LogP contribution in [-0.4, -0.2) is 6.10 Å². The molecular formula is C16H18FNO. The van der Waals surface area contributed by atoms with Crippen molar-refractivity contribution in [3.63, 3.8) is 0 Å². The van der Waals surface area contributed by atoms with Crippen LogP contribution in [0.25, 0.3) is 0 Å². The zero-order chi connectivity index (χ0) is 13.8. The molecule has 2 aromatic rings. The first-order chi connectivity index (χ1) is 9.08. The SMILES string of the molecule is CC(C)Oc1ccccc1C(N)c1ccc(F)cc1. The predicted molar refractivity (Wildman–Crippen MR) is 74.6 cm³/mol. The predicted octanol–water partition coefficient (Wildman–Crippen LogP) is 3.66. The quantitative estimate of drug-likeness (QED) is 0.909. The molecule has 0 aliphatic heterocycles. The zero-order valence-corrected chi connectivity index (χ0v) is 11.1. The summed E-state index contributed by atoms with van der Waals surface area (Å²) in [6.07, 6.45) is 0.0848. The smallest absolute Gasteiger partial charge is 0.124 e. The van der Waals surface area contributed by atoms with Crippen LogP contribution in [0.3, 0.4) is 0 Å². The topological polar surface area (TPSA) is 35.2 Å². The van der Waals surface area contributed by atoms with Gasteiger partial charge in [0.1, 0.15) is 11.6 Å². The standard InChI is InChI=1S/C16H18FNO/c1-11(2)19-15-6-4-3-5-14(15)16(18)12-7-9-13(17)10-8-12/h3-11,16H,18H2,1-2H3. The second-order valence-corrected chi connectivity index (χ2v) is 4.73. The fourth-order valence-electron chi connectivity index (χ4n) is 1.95. The monoisotopic (exact) mass is 259 g/mol. The number of para-hydroxylation sites is 1. The lowest BCUT2D eigenvalue weighted by Crippen LogP contribution is -2.15. The van der Waals surface area contributed by atoms with Crippen LogP contribution in [0.1, 0.15) is 31.0 Å². The molecule has 3 heteroatoms. The average Bonchev–Trinajstić information content (AvgIpc) is 2.39. The van der Waals surface area contributed by atoms with E-state index in [2.05, 4.69) is 0 Å². The summed E-state index contributed by atoms with van der Waals surface area (Å²) in [6, 6.07) is 13.6. The highest BCUT2D eigenvalue weighted by molar-refractivity contribution is 5.41. The molecule has 0 radical (unpaired) electrons. The number of benzene rings is 2. The van der Waals surface area contributed by atoms with Crippen LogP contribution in [0.4, 0.5) is 4.39 Å². The van der Waals surface area contributed by atoms with Gasteiger partial charge in [-0.25, -0.2) is 4.39 Å². The van der Waals surface area contributed by atoms with Crippen molar-refractivity contribution in [3.05, 3.63) is 65.5 Å². The van der Waals surface area contributed by atoms with Crippen molar-refractivity contribution in [3.8, 4) is 5.75 Å².